The Kier molecular flexibility index (Phi) is 12.3. The van der Waals surface area contributed by atoms with Crippen molar-refractivity contribution < 1.29 is 50.6 Å². The fourth-order valence-corrected chi connectivity index (χ4v) is 6.50. The predicted octanol–water partition coefficient (Wildman–Crippen LogP) is 12.5. The van der Waals surface area contributed by atoms with Gasteiger partial charge < -0.3 is 0 Å². The van der Waals surface area contributed by atoms with Gasteiger partial charge in [-0.2, -0.15) is 34.9 Å². The van der Waals surface area contributed by atoms with E-state index in [1.54, 1.807) is 0 Å². The monoisotopic (exact) mass is 762 g/mol. The van der Waals surface area contributed by atoms with E-state index in [0.717, 1.165) is 54.9 Å². The molecule has 4 aromatic carbocycles. The van der Waals surface area contributed by atoms with E-state index < -0.39 is 23.5 Å². The number of halogens is 6. The van der Waals surface area contributed by atoms with Gasteiger partial charge in [-0.3, -0.25) is 6.08 Å². The molecule has 4 aromatic rings. The van der Waals surface area contributed by atoms with Gasteiger partial charge in [-0.15, -0.1) is 11.1 Å². The summed E-state index contributed by atoms with van der Waals surface area (Å²) in [6.07, 6.45) is 1.23. The molecule has 0 heterocycles. The maximum absolute atomic E-state index is 12.5. The van der Waals surface area contributed by atoms with E-state index in [0.29, 0.717) is 25.7 Å². The van der Waals surface area contributed by atoms with Crippen LogP contribution in [0.3, 0.4) is 0 Å². The van der Waals surface area contributed by atoms with Crippen molar-refractivity contribution in [3.05, 3.63) is 152 Å². The Morgan fingerprint density at radius 2 is 1.20 bits per heavy atom. The quantitative estimate of drug-likeness (QED) is 0.127. The molecule has 2 aliphatic carbocycles. The number of fused-ring (bicyclic) bond motifs is 3. The van der Waals surface area contributed by atoms with Crippen LogP contribution in [0.1, 0.15) is 89.8 Å². The van der Waals surface area contributed by atoms with Gasteiger partial charge in [-0.1, -0.05) is 77.0 Å². The zero-order valence-corrected chi connectivity index (χ0v) is 32.2. The fourth-order valence-electron chi connectivity index (χ4n) is 5.68. The minimum atomic E-state index is -4.41. The van der Waals surface area contributed by atoms with Crippen LogP contribution in [-0.2, 0) is 43.0 Å². The molecule has 260 valence electrons. The van der Waals surface area contributed by atoms with Crippen LogP contribution in [-0.4, -0.2) is 3.21 Å². The molecule has 0 radical (unpaired) electrons. The van der Waals surface area contributed by atoms with Crippen LogP contribution in [0.5, 0.6) is 0 Å². The summed E-state index contributed by atoms with van der Waals surface area (Å²) >= 11 is 0.898. The van der Waals surface area contributed by atoms with Crippen molar-refractivity contribution in [1.82, 2.24) is 0 Å². The Hall–Kier alpha value is -3.31. The molecule has 0 saturated carbocycles. The molecule has 0 saturated heterocycles. The van der Waals surface area contributed by atoms with Gasteiger partial charge in [0.05, 0.1) is 0 Å². The fraction of sp³-hybridized carbons (Fsp3) is 0.326. The van der Waals surface area contributed by atoms with Gasteiger partial charge in [0.25, 0.3) is 0 Å². The van der Waals surface area contributed by atoms with Crippen LogP contribution in [0.25, 0.3) is 11.1 Å². The van der Waals surface area contributed by atoms with E-state index >= 15 is 0 Å². The third kappa shape index (κ3) is 9.72. The van der Waals surface area contributed by atoms with Crippen LogP contribution >= 0.6 is 0 Å². The topological polar surface area (TPSA) is 0 Å². The minimum absolute atomic E-state index is 0.302. The molecule has 6 rings (SSSR count). The molecule has 0 aromatic heterocycles. The number of hydrogen-bond acceptors (Lipinski definition) is 0. The Morgan fingerprint density at radius 1 is 0.720 bits per heavy atom. The molecule has 1 unspecified atom stereocenters. The first-order valence-electron chi connectivity index (χ1n) is 16.6. The Morgan fingerprint density at radius 3 is 1.62 bits per heavy atom. The van der Waals surface area contributed by atoms with Gasteiger partial charge in [0, 0.05) is 0 Å². The van der Waals surface area contributed by atoms with Crippen molar-refractivity contribution in [2.24, 2.45) is 11.3 Å². The number of rotatable bonds is 3. The maximum atomic E-state index is 12.5. The number of aryl methyl sites for hydroxylation is 4. The van der Waals surface area contributed by atoms with E-state index in [9.17, 15) is 26.3 Å². The van der Waals surface area contributed by atoms with E-state index in [4.69, 9.17) is 0 Å². The van der Waals surface area contributed by atoms with E-state index in [-0.39, 0.29) is 0 Å². The van der Waals surface area contributed by atoms with Gasteiger partial charge in [0.15, 0.2) is 0 Å². The molecule has 50 heavy (non-hydrogen) atoms. The summed E-state index contributed by atoms with van der Waals surface area (Å²) in [6, 6.07) is 19.7. The molecule has 0 aliphatic heterocycles. The first-order chi connectivity index (χ1) is 23.2. The molecule has 0 fully saturated rings. The molecular weight excluding hydrogens is 722 g/mol. The zero-order valence-electron chi connectivity index (χ0n) is 29.8. The van der Waals surface area contributed by atoms with Gasteiger partial charge in [-0.25, -0.2) is 6.08 Å². The zero-order chi connectivity index (χ0) is 37.2. The predicted molar refractivity (Wildman–Crippen MR) is 188 cm³/mol. The third-order valence-corrected chi connectivity index (χ3v) is 10.6. The molecule has 1 atom stereocenters. The Balaban J connectivity index is 0.000000178. The second kappa shape index (κ2) is 15.5. The van der Waals surface area contributed by atoms with Gasteiger partial charge in [0.1, 0.15) is 0 Å². The normalized spacial score (nSPS) is 15.0. The van der Waals surface area contributed by atoms with Crippen LogP contribution in [0.15, 0.2) is 84.5 Å². The van der Waals surface area contributed by atoms with E-state index in [2.05, 4.69) is 97.9 Å². The average Bonchev–Trinajstić information content (AvgIpc) is 3.66. The van der Waals surface area contributed by atoms with Crippen LogP contribution in [0, 0.1) is 51.2 Å². The second-order valence-corrected chi connectivity index (χ2v) is 15.2. The summed E-state index contributed by atoms with van der Waals surface area (Å²) in [7, 11) is 0. The summed E-state index contributed by atoms with van der Waals surface area (Å²) in [5, 5.41) is 0. The summed E-state index contributed by atoms with van der Waals surface area (Å²) < 4.78 is 75.6. The Labute approximate surface area is 307 Å². The van der Waals surface area contributed by atoms with E-state index in [1.807, 2.05) is 0 Å². The van der Waals surface area contributed by atoms with Gasteiger partial charge in [0.2, 0.25) is 0 Å². The third-order valence-electron chi connectivity index (χ3n) is 9.13. The number of alkyl halides is 6. The molecular formula is C43H42F6Zr. The van der Waals surface area contributed by atoms with Crippen LogP contribution in [0.4, 0.5) is 26.3 Å². The summed E-state index contributed by atoms with van der Waals surface area (Å²) in [6.45, 7) is 17.6. The SMILES string of the molecule is CCC1[C-]=CC(C(C)(C)C)=C1.Cc1[c-]c2c(cc1C)-c1cc(C)c(C)cc1C2.FC(F)(F)c1ccc([C](=[Zr+2])c2ccc(C(F)(F)F)cc2)cc1. The second-order valence-electron chi connectivity index (χ2n) is 14.0. The van der Waals surface area contributed by atoms with Crippen molar-refractivity contribution >= 4 is 3.21 Å². The summed E-state index contributed by atoms with van der Waals surface area (Å²) in [5.41, 5.74) is 12.4. The molecule has 0 bridgehead atoms. The molecule has 0 nitrogen and oxygen atoms in total. The average molecular weight is 764 g/mol. The van der Waals surface area contributed by atoms with E-state index in [1.165, 1.54) is 80.8 Å². The van der Waals surface area contributed by atoms with Crippen LogP contribution < -0.4 is 0 Å². The summed E-state index contributed by atoms with van der Waals surface area (Å²) in [5.74, 6) is 0.573. The molecule has 2 aliphatic rings. The van der Waals surface area contributed by atoms with Crippen molar-refractivity contribution in [2.45, 2.75) is 80.6 Å². The standard InChI is InChI=1S/C17H17.C15H8F6.C11H17.Zr/c1-10-5-14-9-15-6-11(2)13(4)8-17(15)16(14)7-12(10)3;16-14(17,18)12-5-1-10(2-6-12)9-11-3-7-13(8-4-11)15(19,20)21;1-5-9-6-7-10(8-9)11(2,3)4;/h5,7-8H,9H2,1-4H3;1-8H;7-9H,5H2,1-4H3;/q-1;;-1;+2. The Bertz CT molecular complexity index is 1780. The summed E-state index contributed by atoms with van der Waals surface area (Å²) in [4.78, 5) is 0. The van der Waals surface area contributed by atoms with Gasteiger partial charge >= 0.3 is 137 Å². The first-order valence-corrected chi connectivity index (χ1v) is 17.8. The number of hydrogen-bond donors (Lipinski definition) is 0. The van der Waals surface area contributed by atoms with Crippen molar-refractivity contribution in [3.63, 3.8) is 0 Å². The van der Waals surface area contributed by atoms with Crippen molar-refractivity contribution in [3.8, 4) is 11.1 Å². The van der Waals surface area contributed by atoms with Crippen molar-refractivity contribution in [2.75, 3.05) is 0 Å². The number of allylic oxidation sites excluding steroid dienone is 4. The molecule has 0 spiro atoms. The number of benzene rings is 4. The first kappa shape index (κ1) is 39.5. The molecule has 0 amide bonds. The van der Waals surface area contributed by atoms with Gasteiger partial charge in [-0.05, 0) is 37.0 Å². The van der Waals surface area contributed by atoms with Crippen molar-refractivity contribution in [1.29, 1.82) is 0 Å². The molecule has 0 N–H and O–H groups in total. The van der Waals surface area contributed by atoms with Crippen LogP contribution in [0.2, 0.25) is 0 Å². The molecule has 7 heteroatoms.